The van der Waals surface area contributed by atoms with Gasteiger partial charge >= 0.3 is 0 Å². The van der Waals surface area contributed by atoms with Gasteiger partial charge in [0.1, 0.15) is 11.4 Å². The van der Waals surface area contributed by atoms with Crippen molar-refractivity contribution in [3.05, 3.63) is 29.4 Å². The van der Waals surface area contributed by atoms with Gasteiger partial charge in [-0.3, -0.25) is 4.68 Å². The molecule has 0 aliphatic heterocycles. The second-order valence-electron chi connectivity index (χ2n) is 2.63. The highest BCUT2D eigenvalue weighted by Gasteiger charge is 2.04. The van der Waals surface area contributed by atoms with Crippen molar-refractivity contribution in [3.63, 3.8) is 0 Å². The molecule has 0 spiro atoms. The smallest absolute Gasteiger partial charge is 0.118 e. The van der Waals surface area contributed by atoms with Crippen molar-refractivity contribution in [2.75, 3.05) is 0 Å². The Morgan fingerprint density at radius 1 is 1.43 bits per heavy atom. The molecule has 0 amide bonds. The molecule has 0 atom stereocenters. The fourth-order valence-corrected chi connectivity index (χ4v) is 2.18. The highest BCUT2D eigenvalue weighted by Crippen LogP contribution is 2.30. The number of aryl methyl sites for hydroxylation is 1. The summed E-state index contributed by atoms with van der Waals surface area (Å²) in [5.41, 5.74) is 0. The Kier molecular flexibility index (Phi) is 2.83. The van der Waals surface area contributed by atoms with Gasteiger partial charge in [-0.1, -0.05) is 11.8 Å². The van der Waals surface area contributed by atoms with E-state index in [9.17, 15) is 0 Å². The highest BCUT2D eigenvalue weighted by molar-refractivity contribution is 9.10. The fraction of sp³-hybridized carbons (Fsp3) is 0.125. The standard InChI is InChI=1S/C8H7BrN4S/c1-13-4-6(2-12-13)14-8-7(9)3-10-5-11-8/h2-5H,1H3. The third-order valence-corrected chi connectivity index (χ3v) is 3.34. The van der Waals surface area contributed by atoms with Crippen molar-refractivity contribution < 1.29 is 0 Å². The normalized spacial score (nSPS) is 10.4. The third-order valence-electron chi connectivity index (χ3n) is 1.53. The molecule has 0 aromatic carbocycles. The van der Waals surface area contributed by atoms with Gasteiger partial charge in [-0.2, -0.15) is 5.10 Å². The lowest BCUT2D eigenvalue weighted by atomic mass is 10.7. The van der Waals surface area contributed by atoms with E-state index < -0.39 is 0 Å². The van der Waals surface area contributed by atoms with Crippen molar-refractivity contribution in [1.82, 2.24) is 19.7 Å². The summed E-state index contributed by atoms with van der Waals surface area (Å²) in [7, 11) is 1.89. The maximum absolute atomic E-state index is 4.15. The van der Waals surface area contributed by atoms with Gasteiger partial charge in [-0.25, -0.2) is 9.97 Å². The van der Waals surface area contributed by atoms with Crippen LogP contribution in [0.1, 0.15) is 0 Å². The number of rotatable bonds is 2. The Morgan fingerprint density at radius 2 is 2.29 bits per heavy atom. The van der Waals surface area contributed by atoms with Crippen LogP contribution >= 0.6 is 27.7 Å². The average Bonchev–Trinajstić information content (AvgIpc) is 2.56. The summed E-state index contributed by atoms with van der Waals surface area (Å²) in [6.07, 6.45) is 7.01. The van der Waals surface area contributed by atoms with Gasteiger partial charge in [0.2, 0.25) is 0 Å². The molecule has 6 heteroatoms. The Bertz CT molecular complexity index is 442. The predicted octanol–water partition coefficient (Wildman–Crippen LogP) is 2.12. The number of halogens is 1. The van der Waals surface area contributed by atoms with Crippen LogP contribution in [0.25, 0.3) is 0 Å². The zero-order valence-electron chi connectivity index (χ0n) is 7.38. The van der Waals surface area contributed by atoms with E-state index in [4.69, 9.17) is 0 Å². The number of hydrogen-bond acceptors (Lipinski definition) is 4. The summed E-state index contributed by atoms with van der Waals surface area (Å²) in [6.45, 7) is 0. The van der Waals surface area contributed by atoms with E-state index in [1.807, 2.05) is 13.2 Å². The molecule has 14 heavy (non-hydrogen) atoms. The molecule has 2 heterocycles. The molecule has 0 saturated carbocycles. The summed E-state index contributed by atoms with van der Waals surface area (Å²) in [6, 6.07) is 0. The molecular formula is C8H7BrN4S. The summed E-state index contributed by atoms with van der Waals surface area (Å²) in [4.78, 5) is 9.11. The Hall–Kier alpha value is -0.880. The van der Waals surface area contributed by atoms with Crippen molar-refractivity contribution in [1.29, 1.82) is 0 Å². The largest absolute Gasteiger partial charge is 0.275 e. The van der Waals surface area contributed by atoms with E-state index in [-0.39, 0.29) is 0 Å². The van der Waals surface area contributed by atoms with E-state index in [1.54, 1.807) is 28.8 Å². The Morgan fingerprint density at radius 3 is 2.93 bits per heavy atom. The van der Waals surface area contributed by atoms with E-state index in [0.29, 0.717) is 0 Å². The van der Waals surface area contributed by atoms with E-state index in [1.165, 1.54) is 6.33 Å². The third kappa shape index (κ3) is 2.13. The molecule has 0 bridgehead atoms. The van der Waals surface area contributed by atoms with Crippen molar-refractivity contribution in [2.24, 2.45) is 7.05 Å². The highest BCUT2D eigenvalue weighted by atomic mass is 79.9. The van der Waals surface area contributed by atoms with Crippen LogP contribution in [-0.2, 0) is 7.05 Å². The van der Waals surface area contributed by atoms with Crippen LogP contribution in [0.15, 0.2) is 39.3 Å². The maximum atomic E-state index is 4.15. The van der Waals surface area contributed by atoms with Gasteiger partial charge in [-0.15, -0.1) is 0 Å². The lowest BCUT2D eigenvalue weighted by molar-refractivity contribution is 0.766. The quantitative estimate of drug-likeness (QED) is 0.785. The average molecular weight is 271 g/mol. The fourth-order valence-electron chi connectivity index (χ4n) is 0.940. The first-order chi connectivity index (χ1) is 6.75. The molecule has 0 N–H and O–H groups in total. The zero-order valence-corrected chi connectivity index (χ0v) is 9.79. The van der Waals surface area contributed by atoms with Gasteiger partial charge < -0.3 is 0 Å². The lowest BCUT2D eigenvalue weighted by Gasteiger charge is -1.98. The first kappa shape index (κ1) is 9.67. The number of nitrogens with zero attached hydrogens (tertiary/aromatic N) is 4. The van der Waals surface area contributed by atoms with Crippen LogP contribution < -0.4 is 0 Å². The SMILES string of the molecule is Cn1cc(Sc2ncncc2Br)cn1. The van der Waals surface area contributed by atoms with Gasteiger partial charge in [0.25, 0.3) is 0 Å². The molecule has 0 radical (unpaired) electrons. The minimum Gasteiger partial charge on any atom is -0.275 e. The number of aromatic nitrogens is 4. The predicted molar refractivity (Wildman–Crippen MR) is 57.1 cm³/mol. The molecule has 0 saturated heterocycles. The minimum atomic E-state index is 0.896. The zero-order chi connectivity index (χ0) is 9.97. The van der Waals surface area contributed by atoms with Crippen LogP contribution in [0, 0.1) is 0 Å². The molecule has 0 unspecified atom stereocenters. The molecule has 2 aromatic heterocycles. The summed E-state index contributed by atoms with van der Waals surface area (Å²) in [5, 5.41) is 4.98. The molecule has 0 fully saturated rings. The van der Waals surface area contributed by atoms with Gasteiger partial charge in [0.15, 0.2) is 0 Å². The van der Waals surface area contributed by atoms with E-state index in [2.05, 4.69) is 31.0 Å². The Labute approximate surface area is 93.9 Å². The molecule has 0 aliphatic rings. The van der Waals surface area contributed by atoms with Crippen LogP contribution in [0.5, 0.6) is 0 Å². The second-order valence-corrected chi connectivity index (χ2v) is 4.54. The van der Waals surface area contributed by atoms with Crippen LogP contribution in [0.4, 0.5) is 0 Å². The molecular weight excluding hydrogens is 264 g/mol. The summed E-state index contributed by atoms with van der Waals surface area (Å²) < 4.78 is 2.66. The first-order valence-corrected chi connectivity index (χ1v) is 5.48. The van der Waals surface area contributed by atoms with Crippen LogP contribution in [0.2, 0.25) is 0 Å². The molecule has 2 aromatic rings. The van der Waals surface area contributed by atoms with Crippen molar-refractivity contribution in [3.8, 4) is 0 Å². The summed E-state index contributed by atoms with van der Waals surface area (Å²) >= 11 is 4.94. The van der Waals surface area contributed by atoms with Gasteiger partial charge in [-0.05, 0) is 15.9 Å². The van der Waals surface area contributed by atoms with Crippen LogP contribution in [0.3, 0.4) is 0 Å². The van der Waals surface area contributed by atoms with E-state index >= 15 is 0 Å². The monoisotopic (exact) mass is 270 g/mol. The lowest BCUT2D eigenvalue weighted by Crippen LogP contribution is -1.84. The Balaban J connectivity index is 2.23. The van der Waals surface area contributed by atoms with Gasteiger partial charge in [0.05, 0.1) is 15.6 Å². The topological polar surface area (TPSA) is 43.6 Å². The second kappa shape index (κ2) is 4.10. The summed E-state index contributed by atoms with van der Waals surface area (Å²) in [5.74, 6) is 0. The molecule has 2 rings (SSSR count). The van der Waals surface area contributed by atoms with Crippen molar-refractivity contribution in [2.45, 2.75) is 9.92 Å². The molecule has 0 aliphatic carbocycles. The van der Waals surface area contributed by atoms with Crippen LogP contribution in [-0.4, -0.2) is 19.7 Å². The maximum Gasteiger partial charge on any atom is 0.118 e. The number of hydrogen-bond donors (Lipinski definition) is 0. The molecule has 4 nitrogen and oxygen atoms in total. The minimum absolute atomic E-state index is 0.896. The van der Waals surface area contributed by atoms with Crippen molar-refractivity contribution >= 4 is 27.7 Å². The molecule has 72 valence electrons. The van der Waals surface area contributed by atoms with E-state index in [0.717, 1.165) is 14.4 Å². The first-order valence-electron chi connectivity index (χ1n) is 3.88. The van der Waals surface area contributed by atoms with Gasteiger partial charge in [0, 0.05) is 19.4 Å².